The number of carbonyl (C=O) groups excluding carboxylic acids is 1. The molecule has 1 aromatic carbocycles. The van der Waals surface area contributed by atoms with Gasteiger partial charge in [-0.3, -0.25) is 14.2 Å². The van der Waals surface area contributed by atoms with Gasteiger partial charge in [0.25, 0.3) is 5.56 Å². The summed E-state index contributed by atoms with van der Waals surface area (Å²) in [5.41, 5.74) is 1.60. The van der Waals surface area contributed by atoms with Crippen molar-refractivity contribution in [3.8, 4) is 0 Å². The molecule has 0 unspecified atom stereocenters. The average molecular weight is 440 g/mol. The van der Waals surface area contributed by atoms with Gasteiger partial charge in [-0.25, -0.2) is 14.3 Å². The Bertz CT molecular complexity index is 1190. The molecule has 3 rings (SSSR count). The minimum absolute atomic E-state index is 0.343. The number of hydrogen-bond acceptors (Lipinski definition) is 4. The van der Waals surface area contributed by atoms with E-state index in [-0.39, 0.29) is 6.54 Å². The van der Waals surface area contributed by atoms with E-state index in [1.54, 1.807) is 10.9 Å². The molecule has 1 N–H and O–H groups in total. The van der Waals surface area contributed by atoms with E-state index < -0.39 is 17.2 Å². The number of amides is 1. The fraction of sp³-hybridized carbons (Fsp3) is 0.500. The van der Waals surface area contributed by atoms with Crippen LogP contribution in [0.3, 0.4) is 0 Å². The van der Waals surface area contributed by atoms with E-state index in [1.807, 2.05) is 31.2 Å². The van der Waals surface area contributed by atoms with Gasteiger partial charge in [-0.15, -0.1) is 0 Å². The zero-order valence-corrected chi connectivity index (χ0v) is 19.4. The highest BCUT2D eigenvalue weighted by Gasteiger charge is 2.19. The van der Waals surface area contributed by atoms with Gasteiger partial charge in [-0.1, -0.05) is 52.7 Å². The third kappa shape index (κ3) is 5.00. The smallest absolute Gasteiger partial charge is 0.325 e. The van der Waals surface area contributed by atoms with Gasteiger partial charge in [0.15, 0.2) is 11.2 Å². The minimum atomic E-state index is -0.498. The number of unbranched alkanes of at least 4 members (excludes halogenated alkanes) is 2. The van der Waals surface area contributed by atoms with E-state index in [0.717, 1.165) is 30.3 Å². The van der Waals surface area contributed by atoms with Crippen LogP contribution in [0.1, 0.15) is 64.9 Å². The quantitative estimate of drug-likeness (QED) is 0.521. The van der Waals surface area contributed by atoms with Gasteiger partial charge in [-0.05, 0) is 36.5 Å². The molecule has 2 aromatic heterocycles. The molecule has 8 nitrogen and oxygen atoms in total. The zero-order chi connectivity index (χ0) is 23.3. The number of hydrogen-bond donors (Lipinski definition) is 1. The number of aryl methyl sites for hydroxylation is 2. The van der Waals surface area contributed by atoms with Crippen LogP contribution in [0.15, 0.2) is 40.2 Å². The molecule has 172 valence electrons. The van der Waals surface area contributed by atoms with E-state index in [4.69, 9.17) is 0 Å². The molecule has 0 atom stereocenters. The summed E-state index contributed by atoms with van der Waals surface area (Å²) < 4.78 is 4.34. The van der Waals surface area contributed by atoms with Crippen molar-refractivity contribution in [3.05, 3.63) is 57.0 Å². The lowest BCUT2D eigenvalue weighted by Gasteiger charge is -2.13. The number of imidazole rings is 1. The molecule has 0 radical (unpaired) electrons. The standard InChI is InChI=1S/C24H33N5O3/c1-5-7-13-27-16-25-22-21(27)23(31)29(24(32)28(22)14-8-6-2)15-20(30)26-19-11-9-18(10-12-19)17(3)4/h9-12,16-17H,5-8,13-15H2,1-4H3,(H,26,30). The van der Waals surface area contributed by atoms with Crippen LogP contribution in [0.5, 0.6) is 0 Å². The van der Waals surface area contributed by atoms with Crippen molar-refractivity contribution in [2.45, 2.75) is 78.9 Å². The van der Waals surface area contributed by atoms with Crippen molar-refractivity contribution < 1.29 is 4.79 Å². The fourth-order valence-corrected chi connectivity index (χ4v) is 3.69. The molecule has 0 saturated heterocycles. The third-order valence-electron chi connectivity index (χ3n) is 5.63. The lowest BCUT2D eigenvalue weighted by molar-refractivity contribution is -0.116. The number of carbonyl (C=O) groups is 1. The maximum absolute atomic E-state index is 13.2. The number of nitrogens with zero attached hydrogens (tertiary/aromatic N) is 4. The second kappa shape index (κ2) is 10.4. The summed E-state index contributed by atoms with van der Waals surface area (Å²) in [5, 5.41) is 2.80. The molecule has 32 heavy (non-hydrogen) atoms. The van der Waals surface area contributed by atoms with E-state index in [9.17, 15) is 14.4 Å². The SMILES string of the molecule is CCCCn1cnc2c1c(=O)n(CC(=O)Nc1ccc(C(C)C)cc1)c(=O)n2CCCC. The van der Waals surface area contributed by atoms with Gasteiger partial charge in [-0.2, -0.15) is 0 Å². The Morgan fingerprint density at radius 1 is 1.00 bits per heavy atom. The van der Waals surface area contributed by atoms with Crippen molar-refractivity contribution in [2.24, 2.45) is 0 Å². The van der Waals surface area contributed by atoms with Gasteiger partial charge in [0.05, 0.1) is 6.33 Å². The summed E-state index contributed by atoms with van der Waals surface area (Å²) in [6, 6.07) is 7.59. The van der Waals surface area contributed by atoms with Crippen LogP contribution in [0.4, 0.5) is 5.69 Å². The highest BCUT2D eigenvalue weighted by molar-refractivity contribution is 5.90. The highest BCUT2D eigenvalue weighted by atomic mass is 16.2. The van der Waals surface area contributed by atoms with E-state index in [1.165, 1.54) is 10.1 Å². The van der Waals surface area contributed by atoms with Gasteiger partial charge in [0.2, 0.25) is 5.91 Å². The summed E-state index contributed by atoms with van der Waals surface area (Å²) in [4.78, 5) is 43.5. The molecule has 0 fully saturated rings. The molecule has 0 aliphatic rings. The van der Waals surface area contributed by atoms with Gasteiger partial charge in [0.1, 0.15) is 6.54 Å². The summed E-state index contributed by atoms with van der Waals surface area (Å²) in [5.74, 6) is -0.0216. The number of rotatable bonds is 10. The van der Waals surface area contributed by atoms with Crippen LogP contribution in [-0.2, 0) is 24.4 Å². The Morgan fingerprint density at radius 2 is 1.66 bits per heavy atom. The van der Waals surface area contributed by atoms with Crippen LogP contribution < -0.4 is 16.6 Å². The Labute approximate surface area is 187 Å². The Morgan fingerprint density at radius 3 is 2.28 bits per heavy atom. The molecule has 8 heteroatoms. The van der Waals surface area contributed by atoms with Crippen LogP contribution in [0.2, 0.25) is 0 Å². The Hall–Kier alpha value is -3.16. The predicted molar refractivity (Wildman–Crippen MR) is 127 cm³/mol. The first-order valence-corrected chi connectivity index (χ1v) is 11.5. The molecular formula is C24H33N5O3. The predicted octanol–water partition coefficient (Wildman–Crippen LogP) is 3.72. The lowest BCUT2D eigenvalue weighted by Crippen LogP contribution is -2.43. The van der Waals surface area contributed by atoms with Crippen LogP contribution in [0.25, 0.3) is 11.2 Å². The molecule has 1 amide bonds. The third-order valence-corrected chi connectivity index (χ3v) is 5.63. The van der Waals surface area contributed by atoms with Crippen LogP contribution in [-0.4, -0.2) is 24.6 Å². The molecule has 0 aliphatic carbocycles. The number of anilines is 1. The van der Waals surface area contributed by atoms with Crippen LogP contribution in [0, 0.1) is 0 Å². The summed E-state index contributed by atoms with van der Waals surface area (Å²) in [6.07, 6.45) is 5.16. The summed E-state index contributed by atoms with van der Waals surface area (Å²) in [6.45, 7) is 9.07. The Balaban J connectivity index is 1.96. The van der Waals surface area contributed by atoms with Crippen molar-refractivity contribution >= 4 is 22.8 Å². The van der Waals surface area contributed by atoms with Crippen molar-refractivity contribution in [1.82, 2.24) is 18.7 Å². The molecule has 0 bridgehead atoms. The second-order valence-electron chi connectivity index (χ2n) is 8.47. The number of aromatic nitrogens is 4. The molecule has 2 heterocycles. The monoisotopic (exact) mass is 439 g/mol. The normalized spacial score (nSPS) is 11.4. The maximum Gasteiger partial charge on any atom is 0.333 e. The molecule has 0 spiro atoms. The molecular weight excluding hydrogens is 406 g/mol. The summed E-state index contributed by atoms with van der Waals surface area (Å²) in [7, 11) is 0. The van der Waals surface area contributed by atoms with Gasteiger partial charge < -0.3 is 9.88 Å². The highest BCUT2D eigenvalue weighted by Crippen LogP contribution is 2.17. The molecule has 0 saturated carbocycles. The molecule has 3 aromatic rings. The largest absolute Gasteiger partial charge is 0.333 e. The Kier molecular flexibility index (Phi) is 7.66. The van der Waals surface area contributed by atoms with Gasteiger partial charge >= 0.3 is 5.69 Å². The van der Waals surface area contributed by atoms with E-state index in [0.29, 0.717) is 35.9 Å². The minimum Gasteiger partial charge on any atom is -0.325 e. The first kappa shape index (κ1) is 23.5. The van der Waals surface area contributed by atoms with E-state index in [2.05, 4.69) is 31.1 Å². The second-order valence-corrected chi connectivity index (χ2v) is 8.47. The van der Waals surface area contributed by atoms with Crippen molar-refractivity contribution in [3.63, 3.8) is 0 Å². The summed E-state index contributed by atoms with van der Waals surface area (Å²) >= 11 is 0. The molecule has 0 aliphatic heterocycles. The first-order chi connectivity index (χ1) is 15.4. The number of nitrogens with one attached hydrogen (secondary N) is 1. The van der Waals surface area contributed by atoms with Gasteiger partial charge in [0, 0.05) is 18.8 Å². The zero-order valence-electron chi connectivity index (χ0n) is 19.4. The van der Waals surface area contributed by atoms with Crippen LogP contribution >= 0.6 is 0 Å². The first-order valence-electron chi connectivity index (χ1n) is 11.5. The fourth-order valence-electron chi connectivity index (χ4n) is 3.69. The maximum atomic E-state index is 13.2. The van der Waals surface area contributed by atoms with Crippen molar-refractivity contribution in [1.29, 1.82) is 0 Å². The lowest BCUT2D eigenvalue weighted by atomic mass is 10.0. The number of fused-ring (bicyclic) bond motifs is 1. The van der Waals surface area contributed by atoms with Crippen molar-refractivity contribution in [2.75, 3.05) is 5.32 Å². The topological polar surface area (TPSA) is 90.9 Å². The number of benzene rings is 1. The average Bonchev–Trinajstić information content (AvgIpc) is 3.19. The van der Waals surface area contributed by atoms with E-state index >= 15 is 0 Å².